The molecule has 2 aliphatic heterocycles. The number of nitrogens with one attached hydrogen (secondary N) is 3. The van der Waals surface area contributed by atoms with Gasteiger partial charge < -0.3 is 40.8 Å². The molecule has 1 atom stereocenters. The minimum atomic E-state index is -1.08. The Morgan fingerprint density at radius 3 is 2.36 bits per heavy atom. The molecule has 5 amide bonds. The molecular weight excluding hydrogens is 569 g/mol. The van der Waals surface area contributed by atoms with E-state index in [1.807, 2.05) is 0 Å². The van der Waals surface area contributed by atoms with Crippen LogP contribution in [0.4, 0.5) is 14.9 Å². The SMILES string of the molecule is NC(=O)Nc1csc(CNC(=O)[C@@H]2CC3(CN2C(=O)CNC(=O)c2ccc(Oc4ccc(F)cc4)cc2)OCCO3)c1. The van der Waals surface area contributed by atoms with E-state index in [1.165, 1.54) is 52.6 Å². The summed E-state index contributed by atoms with van der Waals surface area (Å²) in [6, 6.07) is 11.9. The third kappa shape index (κ3) is 7.02. The van der Waals surface area contributed by atoms with E-state index >= 15 is 0 Å². The second-order valence-corrected chi connectivity index (χ2v) is 10.6. The van der Waals surface area contributed by atoms with Gasteiger partial charge in [-0.05, 0) is 54.6 Å². The quantitative estimate of drug-likeness (QED) is 0.295. The lowest BCUT2D eigenvalue weighted by Crippen LogP contribution is -2.49. The van der Waals surface area contributed by atoms with Crippen LogP contribution in [0.3, 0.4) is 0 Å². The Balaban J connectivity index is 1.17. The van der Waals surface area contributed by atoms with E-state index in [0.717, 1.165) is 4.88 Å². The Labute approximate surface area is 243 Å². The highest BCUT2D eigenvalue weighted by atomic mass is 32.1. The molecule has 3 aromatic rings. The molecule has 42 heavy (non-hydrogen) atoms. The third-order valence-corrected chi connectivity index (χ3v) is 7.59. The number of primary amides is 1. The van der Waals surface area contributed by atoms with Gasteiger partial charge in [0.05, 0.1) is 38.5 Å². The van der Waals surface area contributed by atoms with Crippen LogP contribution in [0.1, 0.15) is 21.7 Å². The summed E-state index contributed by atoms with van der Waals surface area (Å²) in [5.74, 6) is -1.93. The predicted octanol–water partition coefficient (Wildman–Crippen LogP) is 2.56. The number of likely N-dealkylation sites (tertiary alicyclic amines) is 1. The highest BCUT2D eigenvalue weighted by molar-refractivity contribution is 7.10. The fraction of sp³-hybridized carbons (Fsp3) is 0.286. The van der Waals surface area contributed by atoms with Gasteiger partial charge in [-0.2, -0.15) is 0 Å². The molecule has 14 heteroatoms. The number of amides is 5. The summed E-state index contributed by atoms with van der Waals surface area (Å²) in [4.78, 5) is 52.3. The monoisotopic (exact) mass is 597 g/mol. The molecule has 3 heterocycles. The molecule has 220 valence electrons. The fourth-order valence-corrected chi connectivity index (χ4v) is 5.44. The molecule has 2 saturated heterocycles. The van der Waals surface area contributed by atoms with Gasteiger partial charge in [0.25, 0.3) is 5.91 Å². The highest BCUT2D eigenvalue weighted by Gasteiger charge is 2.52. The Hall–Kier alpha value is -4.53. The number of ether oxygens (including phenoxy) is 3. The van der Waals surface area contributed by atoms with Gasteiger partial charge in [0.15, 0.2) is 5.79 Å². The van der Waals surface area contributed by atoms with Crippen LogP contribution in [0, 0.1) is 5.82 Å². The third-order valence-electron chi connectivity index (χ3n) is 6.65. The van der Waals surface area contributed by atoms with Gasteiger partial charge in [-0.25, -0.2) is 9.18 Å². The number of benzene rings is 2. The minimum Gasteiger partial charge on any atom is -0.457 e. The van der Waals surface area contributed by atoms with Crippen molar-refractivity contribution >= 4 is 40.8 Å². The van der Waals surface area contributed by atoms with Crippen LogP contribution in [0.2, 0.25) is 0 Å². The fourth-order valence-electron chi connectivity index (χ4n) is 4.69. The molecule has 2 aromatic carbocycles. The van der Waals surface area contributed by atoms with Crippen molar-refractivity contribution < 1.29 is 37.8 Å². The number of nitrogens with two attached hydrogens (primary N) is 1. The van der Waals surface area contributed by atoms with Gasteiger partial charge in [-0.15, -0.1) is 11.3 Å². The smallest absolute Gasteiger partial charge is 0.316 e. The number of carbonyl (C=O) groups is 4. The summed E-state index contributed by atoms with van der Waals surface area (Å²) < 4.78 is 30.2. The summed E-state index contributed by atoms with van der Waals surface area (Å²) in [7, 11) is 0. The van der Waals surface area contributed by atoms with Crippen LogP contribution in [-0.4, -0.2) is 66.8 Å². The van der Waals surface area contributed by atoms with Gasteiger partial charge in [0.1, 0.15) is 23.4 Å². The lowest BCUT2D eigenvalue weighted by molar-refractivity contribution is -0.152. The number of hydrogen-bond acceptors (Lipinski definition) is 8. The molecule has 2 fully saturated rings. The maximum atomic E-state index is 13.2. The first-order chi connectivity index (χ1) is 20.2. The maximum absolute atomic E-state index is 13.2. The molecule has 1 aromatic heterocycles. The molecule has 0 bridgehead atoms. The first kappa shape index (κ1) is 29.0. The van der Waals surface area contributed by atoms with Crippen molar-refractivity contribution in [1.29, 1.82) is 0 Å². The number of nitrogens with zero attached hydrogens (tertiary/aromatic N) is 1. The summed E-state index contributed by atoms with van der Waals surface area (Å²) in [6.07, 6.45) is 0.146. The Bertz CT molecular complexity index is 1460. The summed E-state index contributed by atoms with van der Waals surface area (Å²) in [5, 5.41) is 9.58. The number of thiophene rings is 1. The number of rotatable bonds is 9. The zero-order chi connectivity index (χ0) is 29.7. The average Bonchev–Trinajstić information content (AvgIpc) is 3.72. The van der Waals surface area contributed by atoms with Gasteiger partial charge in [-0.3, -0.25) is 14.4 Å². The molecular formula is C28H28FN5O7S. The van der Waals surface area contributed by atoms with E-state index in [-0.39, 0.29) is 31.9 Å². The van der Waals surface area contributed by atoms with E-state index in [4.69, 9.17) is 19.9 Å². The van der Waals surface area contributed by atoms with Crippen molar-refractivity contribution in [2.45, 2.75) is 24.8 Å². The normalized spacial score (nSPS) is 17.2. The zero-order valence-corrected chi connectivity index (χ0v) is 23.1. The zero-order valence-electron chi connectivity index (χ0n) is 22.3. The van der Waals surface area contributed by atoms with E-state index < -0.39 is 35.6 Å². The Morgan fingerprint density at radius 2 is 1.69 bits per heavy atom. The van der Waals surface area contributed by atoms with Crippen molar-refractivity contribution in [3.05, 3.63) is 76.2 Å². The van der Waals surface area contributed by atoms with E-state index in [1.54, 1.807) is 23.6 Å². The molecule has 0 aliphatic carbocycles. The van der Waals surface area contributed by atoms with Gasteiger partial charge in [0.2, 0.25) is 11.8 Å². The Kier molecular flexibility index (Phi) is 8.66. The molecule has 0 radical (unpaired) electrons. The van der Waals surface area contributed by atoms with Crippen molar-refractivity contribution in [3.8, 4) is 11.5 Å². The molecule has 5 N–H and O–H groups in total. The van der Waals surface area contributed by atoms with Gasteiger partial charge >= 0.3 is 6.03 Å². The number of urea groups is 1. The van der Waals surface area contributed by atoms with E-state index in [2.05, 4.69) is 16.0 Å². The lowest BCUT2D eigenvalue weighted by atomic mass is 10.1. The highest BCUT2D eigenvalue weighted by Crippen LogP contribution is 2.35. The molecule has 0 saturated carbocycles. The average molecular weight is 598 g/mol. The van der Waals surface area contributed by atoms with Crippen molar-refractivity contribution in [2.24, 2.45) is 5.73 Å². The lowest BCUT2D eigenvalue weighted by Gasteiger charge is -2.24. The first-order valence-electron chi connectivity index (χ1n) is 13.0. The van der Waals surface area contributed by atoms with Crippen LogP contribution in [0.15, 0.2) is 60.0 Å². The van der Waals surface area contributed by atoms with Crippen molar-refractivity contribution in [2.75, 3.05) is 31.6 Å². The molecule has 2 aliphatic rings. The number of halogens is 1. The summed E-state index contributed by atoms with van der Waals surface area (Å²) in [6.45, 7) is 0.562. The second kappa shape index (κ2) is 12.5. The van der Waals surface area contributed by atoms with E-state index in [9.17, 15) is 23.6 Å². The number of hydrogen-bond donors (Lipinski definition) is 4. The molecule has 0 unspecified atom stereocenters. The number of carbonyl (C=O) groups excluding carboxylic acids is 4. The molecule has 5 rings (SSSR count). The second-order valence-electron chi connectivity index (χ2n) is 9.62. The van der Waals surface area contributed by atoms with Crippen LogP contribution >= 0.6 is 11.3 Å². The maximum Gasteiger partial charge on any atom is 0.316 e. The van der Waals surface area contributed by atoms with E-state index in [0.29, 0.717) is 36.0 Å². The van der Waals surface area contributed by atoms with Crippen LogP contribution in [-0.2, 0) is 25.6 Å². The van der Waals surface area contributed by atoms with Crippen LogP contribution in [0.25, 0.3) is 0 Å². The topological polar surface area (TPSA) is 161 Å². The summed E-state index contributed by atoms with van der Waals surface area (Å²) >= 11 is 1.33. The van der Waals surface area contributed by atoms with Crippen molar-refractivity contribution in [3.63, 3.8) is 0 Å². The van der Waals surface area contributed by atoms with Gasteiger partial charge in [-0.1, -0.05) is 0 Å². The van der Waals surface area contributed by atoms with Crippen LogP contribution < -0.4 is 26.4 Å². The van der Waals surface area contributed by atoms with Gasteiger partial charge in [0, 0.05) is 22.2 Å². The minimum absolute atomic E-state index is 0.0426. The molecule has 1 spiro atoms. The van der Waals surface area contributed by atoms with Crippen molar-refractivity contribution in [1.82, 2.24) is 15.5 Å². The number of anilines is 1. The largest absolute Gasteiger partial charge is 0.457 e. The molecule has 12 nitrogen and oxygen atoms in total. The van der Waals surface area contributed by atoms with Crippen LogP contribution in [0.5, 0.6) is 11.5 Å². The standard InChI is InChI=1S/C28H28FN5O7S/c29-18-3-7-21(8-4-18)41-20-5-1-17(2-6-20)25(36)32-14-24(35)34-16-28(39-9-10-40-28)12-23(34)26(37)31-13-22-11-19(15-42-22)33-27(30)38/h1-8,11,15,23H,9-10,12-14,16H2,(H,31,37)(H,32,36)(H3,30,33,38)/t23-/m0/s1. The Morgan fingerprint density at radius 1 is 1.02 bits per heavy atom. The first-order valence-corrected chi connectivity index (χ1v) is 13.9. The summed E-state index contributed by atoms with van der Waals surface area (Å²) in [5.41, 5.74) is 5.95. The predicted molar refractivity (Wildman–Crippen MR) is 149 cm³/mol.